The molecule has 1 aliphatic rings. The molecule has 0 saturated heterocycles. The van der Waals surface area contributed by atoms with Crippen molar-refractivity contribution >= 4 is 15.5 Å². The zero-order valence-electron chi connectivity index (χ0n) is 12.3. The molecule has 0 bridgehead atoms. The first kappa shape index (κ1) is 15.2. The van der Waals surface area contributed by atoms with Crippen molar-refractivity contribution in [2.24, 2.45) is 0 Å². The molecule has 5 heteroatoms. The fourth-order valence-corrected chi connectivity index (χ4v) is 4.14. The van der Waals surface area contributed by atoms with Gasteiger partial charge < -0.3 is 10.1 Å². The van der Waals surface area contributed by atoms with E-state index in [1.807, 2.05) is 38.1 Å². The summed E-state index contributed by atoms with van der Waals surface area (Å²) in [5.74, 6) is 0.779. The van der Waals surface area contributed by atoms with Crippen LogP contribution >= 0.6 is 0 Å². The molecule has 2 unspecified atom stereocenters. The van der Waals surface area contributed by atoms with Gasteiger partial charge in [0.05, 0.1) is 17.0 Å². The molecule has 1 saturated carbocycles. The van der Waals surface area contributed by atoms with E-state index in [-0.39, 0.29) is 17.4 Å². The number of sulfone groups is 1. The third-order valence-corrected chi connectivity index (χ3v) is 5.26. The van der Waals surface area contributed by atoms with Crippen molar-refractivity contribution in [3.8, 4) is 5.75 Å². The van der Waals surface area contributed by atoms with Crippen LogP contribution in [0.1, 0.15) is 33.1 Å². The van der Waals surface area contributed by atoms with Gasteiger partial charge in [-0.15, -0.1) is 0 Å². The molecule has 112 valence electrons. The van der Waals surface area contributed by atoms with E-state index >= 15 is 0 Å². The highest BCUT2D eigenvalue weighted by molar-refractivity contribution is 7.91. The smallest absolute Gasteiger partial charge is 0.152 e. The number of hydrogen-bond acceptors (Lipinski definition) is 4. The Morgan fingerprint density at radius 3 is 2.60 bits per heavy atom. The lowest BCUT2D eigenvalue weighted by molar-refractivity contribution is 0.243. The normalized spacial score (nSPS) is 23.0. The summed E-state index contributed by atoms with van der Waals surface area (Å²) in [6.07, 6.45) is 3.99. The van der Waals surface area contributed by atoms with Gasteiger partial charge in [0.15, 0.2) is 9.84 Å². The van der Waals surface area contributed by atoms with Crippen molar-refractivity contribution in [2.75, 3.05) is 11.6 Å². The summed E-state index contributed by atoms with van der Waals surface area (Å²) in [7, 11) is -3.01. The van der Waals surface area contributed by atoms with Crippen LogP contribution < -0.4 is 10.1 Å². The number of rotatable bonds is 5. The second kappa shape index (κ2) is 6.04. The molecule has 2 rings (SSSR count). The Morgan fingerprint density at radius 1 is 1.25 bits per heavy atom. The van der Waals surface area contributed by atoms with Gasteiger partial charge in [-0.2, -0.15) is 0 Å². The molecule has 0 heterocycles. The number of benzene rings is 1. The number of anilines is 1. The van der Waals surface area contributed by atoms with Crippen LogP contribution in [0, 0.1) is 0 Å². The van der Waals surface area contributed by atoms with Crippen molar-refractivity contribution in [3.05, 3.63) is 24.3 Å². The Morgan fingerprint density at radius 2 is 1.95 bits per heavy atom. The van der Waals surface area contributed by atoms with E-state index in [1.54, 1.807) is 0 Å². The minimum atomic E-state index is -3.01. The van der Waals surface area contributed by atoms with E-state index in [2.05, 4.69) is 5.32 Å². The Bertz CT molecular complexity index is 554. The predicted molar refractivity (Wildman–Crippen MR) is 82.1 cm³/mol. The molecule has 20 heavy (non-hydrogen) atoms. The lowest BCUT2D eigenvalue weighted by atomic mass is 10.2. The van der Waals surface area contributed by atoms with Crippen LogP contribution in [0.5, 0.6) is 5.75 Å². The topological polar surface area (TPSA) is 55.4 Å². The fourth-order valence-electron chi connectivity index (χ4n) is 2.75. The molecule has 0 aromatic heterocycles. The van der Waals surface area contributed by atoms with Gasteiger partial charge >= 0.3 is 0 Å². The van der Waals surface area contributed by atoms with Crippen molar-refractivity contribution in [1.29, 1.82) is 0 Å². The molecule has 0 spiro atoms. The first-order valence-electron chi connectivity index (χ1n) is 7.09. The molecule has 2 atom stereocenters. The van der Waals surface area contributed by atoms with Gasteiger partial charge in [-0.1, -0.05) is 12.1 Å². The third-order valence-electron chi connectivity index (χ3n) is 3.59. The van der Waals surface area contributed by atoms with Crippen LogP contribution in [0.15, 0.2) is 24.3 Å². The zero-order valence-corrected chi connectivity index (χ0v) is 13.1. The summed E-state index contributed by atoms with van der Waals surface area (Å²) >= 11 is 0. The number of nitrogens with one attached hydrogen (secondary N) is 1. The van der Waals surface area contributed by atoms with Gasteiger partial charge in [-0.3, -0.25) is 0 Å². The quantitative estimate of drug-likeness (QED) is 0.908. The van der Waals surface area contributed by atoms with E-state index in [0.717, 1.165) is 30.7 Å². The van der Waals surface area contributed by atoms with E-state index < -0.39 is 9.84 Å². The van der Waals surface area contributed by atoms with Gasteiger partial charge in [0.2, 0.25) is 0 Å². The molecule has 0 radical (unpaired) electrons. The van der Waals surface area contributed by atoms with Crippen LogP contribution in [0.25, 0.3) is 0 Å². The number of ether oxygens (including phenoxy) is 1. The first-order chi connectivity index (χ1) is 9.38. The second-order valence-corrected chi connectivity index (χ2v) is 7.98. The summed E-state index contributed by atoms with van der Waals surface area (Å²) < 4.78 is 29.4. The van der Waals surface area contributed by atoms with Gasteiger partial charge in [0.1, 0.15) is 5.75 Å². The Kier molecular flexibility index (Phi) is 4.58. The Hall–Kier alpha value is -1.23. The Balaban J connectivity index is 2.17. The highest BCUT2D eigenvalue weighted by Gasteiger charge is 2.35. The van der Waals surface area contributed by atoms with Crippen molar-refractivity contribution < 1.29 is 13.2 Å². The Labute approximate surface area is 121 Å². The van der Waals surface area contributed by atoms with Crippen molar-refractivity contribution in [1.82, 2.24) is 0 Å². The minimum Gasteiger partial charge on any atom is -0.489 e. The van der Waals surface area contributed by atoms with Gasteiger partial charge in [-0.25, -0.2) is 8.42 Å². The maximum atomic E-state index is 11.8. The summed E-state index contributed by atoms with van der Waals surface area (Å²) in [5, 5.41) is 3.07. The predicted octanol–water partition coefficient (Wildman–Crippen LogP) is 2.85. The van der Waals surface area contributed by atoms with Crippen LogP contribution in [-0.2, 0) is 9.84 Å². The standard InChI is InChI=1S/C15H23NO3S/c1-11(2)19-14-9-5-4-7-12(14)16-13-8-6-10-15(13)20(3,17)18/h4-5,7,9,11,13,15-16H,6,8,10H2,1-3H3. The maximum Gasteiger partial charge on any atom is 0.152 e. The summed E-state index contributed by atoms with van der Waals surface area (Å²) in [5.41, 5.74) is 0.877. The summed E-state index contributed by atoms with van der Waals surface area (Å²) in [6.45, 7) is 3.96. The van der Waals surface area contributed by atoms with Crippen molar-refractivity contribution in [3.63, 3.8) is 0 Å². The molecule has 1 aromatic carbocycles. The molecular formula is C15H23NO3S. The van der Waals surface area contributed by atoms with Crippen LogP contribution in [0.2, 0.25) is 0 Å². The highest BCUT2D eigenvalue weighted by atomic mass is 32.2. The third kappa shape index (κ3) is 3.66. The molecule has 1 aromatic rings. The van der Waals surface area contributed by atoms with Gasteiger partial charge in [0, 0.05) is 12.3 Å². The van der Waals surface area contributed by atoms with Gasteiger partial charge in [0.25, 0.3) is 0 Å². The SMILES string of the molecule is CC(C)Oc1ccccc1NC1CCCC1S(C)(=O)=O. The number of para-hydroxylation sites is 2. The lowest BCUT2D eigenvalue weighted by Crippen LogP contribution is -2.34. The van der Waals surface area contributed by atoms with Crippen LogP contribution in [0.3, 0.4) is 0 Å². The zero-order chi connectivity index (χ0) is 14.8. The van der Waals surface area contributed by atoms with E-state index in [4.69, 9.17) is 4.74 Å². The lowest BCUT2D eigenvalue weighted by Gasteiger charge is -2.23. The molecule has 1 fully saturated rings. The minimum absolute atomic E-state index is 0.0260. The fraction of sp³-hybridized carbons (Fsp3) is 0.600. The van der Waals surface area contributed by atoms with E-state index in [0.29, 0.717) is 0 Å². The van der Waals surface area contributed by atoms with Crippen molar-refractivity contribution in [2.45, 2.75) is 50.5 Å². The second-order valence-electron chi connectivity index (χ2n) is 5.71. The largest absolute Gasteiger partial charge is 0.489 e. The molecular weight excluding hydrogens is 274 g/mol. The monoisotopic (exact) mass is 297 g/mol. The molecule has 0 aliphatic heterocycles. The number of hydrogen-bond donors (Lipinski definition) is 1. The summed E-state index contributed by atoms with van der Waals surface area (Å²) in [6, 6.07) is 7.68. The maximum absolute atomic E-state index is 11.8. The highest BCUT2D eigenvalue weighted by Crippen LogP contribution is 2.32. The molecule has 0 amide bonds. The van der Waals surface area contributed by atoms with Gasteiger partial charge in [-0.05, 0) is 45.2 Å². The van der Waals surface area contributed by atoms with E-state index in [9.17, 15) is 8.42 Å². The van der Waals surface area contributed by atoms with E-state index in [1.165, 1.54) is 6.26 Å². The molecule has 1 N–H and O–H groups in total. The molecule has 4 nitrogen and oxygen atoms in total. The first-order valence-corrected chi connectivity index (χ1v) is 9.04. The average Bonchev–Trinajstić information content (AvgIpc) is 2.79. The van der Waals surface area contributed by atoms with Crippen LogP contribution in [-0.4, -0.2) is 32.1 Å². The van der Waals surface area contributed by atoms with Crippen LogP contribution in [0.4, 0.5) is 5.69 Å². The summed E-state index contributed by atoms with van der Waals surface area (Å²) in [4.78, 5) is 0. The molecule has 1 aliphatic carbocycles. The average molecular weight is 297 g/mol.